The number of fused-ring (bicyclic) bond motifs is 1. The van der Waals surface area contributed by atoms with Crippen LogP contribution in [0.4, 0.5) is 0 Å². The van der Waals surface area contributed by atoms with E-state index in [0.717, 1.165) is 24.0 Å². The molecule has 2 heterocycles. The van der Waals surface area contributed by atoms with Gasteiger partial charge in [0.1, 0.15) is 10.8 Å². The first kappa shape index (κ1) is 13.2. The van der Waals surface area contributed by atoms with Crippen LogP contribution in [0.15, 0.2) is 48.7 Å². The van der Waals surface area contributed by atoms with Gasteiger partial charge in [0, 0.05) is 23.7 Å². The van der Waals surface area contributed by atoms with Crippen LogP contribution in [0.25, 0.3) is 22.2 Å². The van der Waals surface area contributed by atoms with Crippen LogP contribution < -0.4 is 0 Å². The average Bonchev–Trinajstić information content (AvgIpc) is 2.84. The molecule has 0 saturated heterocycles. The Bertz CT molecular complexity index is 716. The lowest BCUT2D eigenvalue weighted by molar-refractivity contribution is 0.646. The van der Waals surface area contributed by atoms with Gasteiger partial charge in [0.15, 0.2) is 0 Å². The molecule has 2 aromatic heterocycles. The molecular weight excluding hydrogens is 268 g/mol. The molecule has 0 amide bonds. The quantitative estimate of drug-likeness (QED) is 0.605. The number of aromatic nitrogens is 2. The predicted octanol–water partition coefficient (Wildman–Crippen LogP) is 5.16. The van der Waals surface area contributed by atoms with E-state index in [0.29, 0.717) is 5.15 Å². The van der Waals surface area contributed by atoms with E-state index < -0.39 is 0 Å². The molecule has 0 radical (unpaired) electrons. The van der Waals surface area contributed by atoms with Crippen LogP contribution >= 0.6 is 11.6 Å². The van der Waals surface area contributed by atoms with Gasteiger partial charge in [-0.15, -0.1) is 0 Å². The van der Waals surface area contributed by atoms with Crippen molar-refractivity contribution in [2.75, 3.05) is 0 Å². The maximum absolute atomic E-state index is 6.06. The van der Waals surface area contributed by atoms with Gasteiger partial charge in [-0.05, 0) is 24.1 Å². The molecule has 0 aliphatic carbocycles. The minimum absolute atomic E-state index is 0.549. The molecule has 0 atom stereocenters. The highest BCUT2D eigenvalue weighted by molar-refractivity contribution is 6.29. The fourth-order valence-electron chi connectivity index (χ4n) is 2.49. The second-order valence-electron chi connectivity index (χ2n) is 4.96. The summed E-state index contributed by atoms with van der Waals surface area (Å²) in [7, 11) is 0. The molecular formula is C17H17ClN2. The molecule has 0 aliphatic rings. The van der Waals surface area contributed by atoms with Crippen molar-refractivity contribution in [3.05, 3.63) is 53.8 Å². The van der Waals surface area contributed by atoms with Crippen molar-refractivity contribution in [3.8, 4) is 11.1 Å². The maximum atomic E-state index is 6.06. The van der Waals surface area contributed by atoms with Gasteiger partial charge in [0.05, 0.1) is 0 Å². The Labute approximate surface area is 124 Å². The van der Waals surface area contributed by atoms with E-state index in [2.05, 4.69) is 53.0 Å². The van der Waals surface area contributed by atoms with Crippen LogP contribution in [0.1, 0.15) is 19.8 Å². The fourth-order valence-corrected chi connectivity index (χ4v) is 2.63. The number of pyridine rings is 1. The molecule has 3 heteroatoms. The summed E-state index contributed by atoms with van der Waals surface area (Å²) in [4.78, 5) is 4.50. The molecule has 1 aromatic carbocycles. The summed E-state index contributed by atoms with van der Waals surface area (Å²) >= 11 is 6.06. The first-order valence-electron chi connectivity index (χ1n) is 7.00. The van der Waals surface area contributed by atoms with E-state index in [9.17, 15) is 0 Å². The van der Waals surface area contributed by atoms with Crippen molar-refractivity contribution in [2.24, 2.45) is 0 Å². The summed E-state index contributed by atoms with van der Waals surface area (Å²) in [5, 5.41) is 1.71. The zero-order valence-corrected chi connectivity index (χ0v) is 12.3. The van der Waals surface area contributed by atoms with Crippen molar-refractivity contribution >= 4 is 22.6 Å². The lowest BCUT2D eigenvalue weighted by atomic mass is 10.1. The highest BCUT2D eigenvalue weighted by atomic mass is 35.5. The molecule has 20 heavy (non-hydrogen) atoms. The number of halogens is 1. The van der Waals surface area contributed by atoms with Crippen LogP contribution in [-0.4, -0.2) is 9.55 Å². The predicted molar refractivity (Wildman–Crippen MR) is 85.1 cm³/mol. The number of nitrogens with zero attached hydrogens (tertiary/aromatic N) is 2. The molecule has 0 saturated carbocycles. The fraction of sp³-hybridized carbons (Fsp3) is 0.235. The van der Waals surface area contributed by atoms with Gasteiger partial charge >= 0.3 is 0 Å². The van der Waals surface area contributed by atoms with E-state index in [1.165, 1.54) is 17.5 Å². The molecule has 0 aliphatic heterocycles. The number of hydrogen-bond acceptors (Lipinski definition) is 1. The lowest BCUT2D eigenvalue weighted by Crippen LogP contribution is -1.96. The Kier molecular flexibility index (Phi) is 3.75. The zero-order valence-electron chi connectivity index (χ0n) is 11.5. The molecule has 0 fully saturated rings. The summed E-state index contributed by atoms with van der Waals surface area (Å²) in [6.07, 6.45) is 4.51. The van der Waals surface area contributed by atoms with Crippen molar-refractivity contribution < 1.29 is 0 Å². The van der Waals surface area contributed by atoms with Crippen molar-refractivity contribution in [3.63, 3.8) is 0 Å². The lowest BCUT2D eigenvalue weighted by Gasteiger charge is -2.02. The van der Waals surface area contributed by atoms with E-state index >= 15 is 0 Å². The highest BCUT2D eigenvalue weighted by Gasteiger charge is 2.11. The van der Waals surface area contributed by atoms with E-state index in [1.54, 1.807) is 0 Å². The SMILES string of the molecule is CCCCn1cc(-c2ccccc2)c2ccc(Cl)nc21. The van der Waals surface area contributed by atoms with Crippen LogP contribution in [0, 0.1) is 0 Å². The third-order valence-corrected chi connectivity index (χ3v) is 3.74. The summed E-state index contributed by atoms with van der Waals surface area (Å²) in [6, 6.07) is 14.4. The first-order valence-corrected chi connectivity index (χ1v) is 7.38. The van der Waals surface area contributed by atoms with Gasteiger partial charge < -0.3 is 4.57 Å². The zero-order chi connectivity index (χ0) is 13.9. The molecule has 102 valence electrons. The van der Waals surface area contributed by atoms with Gasteiger partial charge in [-0.2, -0.15) is 0 Å². The summed E-state index contributed by atoms with van der Waals surface area (Å²) in [6.45, 7) is 3.18. The summed E-state index contributed by atoms with van der Waals surface area (Å²) in [5.41, 5.74) is 3.42. The monoisotopic (exact) mass is 284 g/mol. The van der Waals surface area contributed by atoms with Gasteiger partial charge in [-0.1, -0.05) is 55.3 Å². The highest BCUT2D eigenvalue weighted by Crippen LogP contribution is 2.30. The van der Waals surface area contributed by atoms with Crippen LogP contribution in [-0.2, 0) is 6.54 Å². The Morgan fingerprint density at radius 3 is 2.65 bits per heavy atom. The number of unbranched alkanes of at least 4 members (excludes halogenated alkanes) is 1. The molecule has 0 unspecified atom stereocenters. The van der Waals surface area contributed by atoms with E-state index in [1.807, 2.05) is 12.1 Å². The van der Waals surface area contributed by atoms with Crippen LogP contribution in [0.3, 0.4) is 0 Å². The third kappa shape index (κ3) is 2.44. The number of rotatable bonds is 4. The molecule has 0 bridgehead atoms. The van der Waals surface area contributed by atoms with Gasteiger partial charge in [0.25, 0.3) is 0 Å². The number of benzene rings is 1. The average molecular weight is 285 g/mol. The van der Waals surface area contributed by atoms with Crippen LogP contribution in [0.2, 0.25) is 5.15 Å². The molecule has 3 rings (SSSR count). The van der Waals surface area contributed by atoms with Gasteiger partial charge in [-0.3, -0.25) is 0 Å². The van der Waals surface area contributed by atoms with E-state index in [-0.39, 0.29) is 0 Å². The Hall–Kier alpha value is -1.80. The van der Waals surface area contributed by atoms with Crippen molar-refractivity contribution in [1.82, 2.24) is 9.55 Å². The van der Waals surface area contributed by atoms with Crippen molar-refractivity contribution in [2.45, 2.75) is 26.3 Å². The normalized spacial score (nSPS) is 11.1. The van der Waals surface area contributed by atoms with Gasteiger partial charge in [0.2, 0.25) is 0 Å². The smallest absolute Gasteiger partial charge is 0.142 e. The number of hydrogen-bond donors (Lipinski definition) is 0. The molecule has 2 nitrogen and oxygen atoms in total. The molecule has 0 N–H and O–H groups in total. The van der Waals surface area contributed by atoms with E-state index in [4.69, 9.17) is 11.6 Å². The third-order valence-electron chi connectivity index (χ3n) is 3.53. The maximum Gasteiger partial charge on any atom is 0.142 e. The summed E-state index contributed by atoms with van der Waals surface area (Å²) in [5.74, 6) is 0. The second-order valence-corrected chi connectivity index (χ2v) is 5.35. The van der Waals surface area contributed by atoms with Crippen LogP contribution in [0.5, 0.6) is 0 Å². The minimum atomic E-state index is 0.549. The number of aryl methyl sites for hydroxylation is 1. The summed E-state index contributed by atoms with van der Waals surface area (Å²) < 4.78 is 2.22. The second kappa shape index (κ2) is 5.68. The van der Waals surface area contributed by atoms with Gasteiger partial charge in [-0.25, -0.2) is 4.98 Å². The Balaban J connectivity index is 2.18. The molecule has 0 spiro atoms. The van der Waals surface area contributed by atoms with Crippen molar-refractivity contribution in [1.29, 1.82) is 0 Å². The largest absolute Gasteiger partial charge is 0.332 e. The Morgan fingerprint density at radius 2 is 1.90 bits per heavy atom. The first-order chi connectivity index (χ1) is 9.79. The topological polar surface area (TPSA) is 17.8 Å². The minimum Gasteiger partial charge on any atom is -0.332 e. The Morgan fingerprint density at radius 1 is 1.10 bits per heavy atom. The standard InChI is InChI=1S/C17H17ClN2/c1-2-3-11-20-12-15(13-7-5-4-6-8-13)14-9-10-16(18)19-17(14)20/h4-10,12H,2-3,11H2,1H3. The molecule has 3 aromatic rings.